The second-order valence-corrected chi connectivity index (χ2v) is 6.03. The molecule has 130 valence electrons. The average molecular weight is 332 g/mol. The van der Waals surface area contributed by atoms with E-state index in [9.17, 15) is 14.4 Å². The van der Waals surface area contributed by atoms with Crippen molar-refractivity contribution in [2.75, 3.05) is 19.6 Å². The number of carboxylic acid groups (broad SMARTS) is 1. The molecule has 1 fully saturated rings. The third-order valence-corrected chi connectivity index (χ3v) is 4.76. The number of likely N-dealkylation sites (tertiary alicyclic amines) is 1. The molecule has 0 bridgehead atoms. The first-order chi connectivity index (χ1) is 11.4. The SMILES string of the molecule is CCN(CC)C(=O)c1ccc(C(=O)N2CCC(C(=O)O)C2C)cc1. The molecular formula is C18H24N2O4. The van der Waals surface area contributed by atoms with Crippen LogP contribution in [0.25, 0.3) is 0 Å². The van der Waals surface area contributed by atoms with E-state index in [1.165, 1.54) is 0 Å². The molecule has 0 saturated carbocycles. The van der Waals surface area contributed by atoms with Gasteiger partial charge in [0, 0.05) is 36.8 Å². The number of aliphatic carboxylic acids is 1. The molecule has 2 amide bonds. The van der Waals surface area contributed by atoms with E-state index in [0.717, 1.165) is 0 Å². The standard InChI is InChI=1S/C18H24N2O4/c1-4-19(5-2)16(21)13-6-8-14(9-7-13)17(22)20-11-10-15(12(20)3)18(23)24/h6-9,12,15H,4-5,10-11H2,1-3H3,(H,23,24). The Hall–Kier alpha value is -2.37. The van der Waals surface area contributed by atoms with Gasteiger partial charge in [0.2, 0.25) is 0 Å². The predicted octanol–water partition coefficient (Wildman–Crippen LogP) is 2.10. The van der Waals surface area contributed by atoms with E-state index in [2.05, 4.69) is 0 Å². The predicted molar refractivity (Wildman–Crippen MR) is 89.9 cm³/mol. The molecule has 2 atom stereocenters. The van der Waals surface area contributed by atoms with E-state index in [1.54, 1.807) is 41.0 Å². The second kappa shape index (κ2) is 7.47. The molecule has 0 spiro atoms. The number of carbonyl (C=O) groups excluding carboxylic acids is 2. The van der Waals surface area contributed by atoms with Crippen LogP contribution >= 0.6 is 0 Å². The fraction of sp³-hybridized carbons (Fsp3) is 0.500. The van der Waals surface area contributed by atoms with Gasteiger partial charge in [-0.25, -0.2) is 0 Å². The summed E-state index contributed by atoms with van der Waals surface area (Å²) in [5.74, 6) is -1.62. The smallest absolute Gasteiger partial charge is 0.308 e. The highest BCUT2D eigenvalue weighted by molar-refractivity contribution is 5.98. The fourth-order valence-corrected chi connectivity index (χ4v) is 3.17. The number of carbonyl (C=O) groups is 3. The molecule has 1 aromatic carbocycles. The number of carboxylic acids is 1. The lowest BCUT2D eigenvalue weighted by molar-refractivity contribution is -0.142. The summed E-state index contributed by atoms with van der Waals surface area (Å²) < 4.78 is 0. The Bertz CT molecular complexity index is 622. The summed E-state index contributed by atoms with van der Waals surface area (Å²) in [6.45, 7) is 7.33. The van der Waals surface area contributed by atoms with Gasteiger partial charge >= 0.3 is 5.97 Å². The zero-order chi connectivity index (χ0) is 17.9. The van der Waals surface area contributed by atoms with Gasteiger partial charge in [0.15, 0.2) is 0 Å². The Morgan fingerprint density at radius 3 is 2.12 bits per heavy atom. The first-order valence-electron chi connectivity index (χ1n) is 8.33. The Morgan fingerprint density at radius 1 is 1.12 bits per heavy atom. The lowest BCUT2D eigenvalue weighted by Gasteiger charge is -2.23. The molecule has 1 heterocycles. The summed E-state index contributed by atoms with van der Waals surface area (Å²) in [5.41, 5.74) is 1.03. The summed E-state index contributed by atoms with van der Waals surface area (Å²) in [6.07, 6.45) is 0.473. The molecule has 1 aromatic rings. The van der Waals surface area contributed by atoms with E-state index in [-0.39, 0.29) is 17.9 Å². The number of nitrogens with zero attached hydrogens (tertiary/aromatic N) is 2. The quantitative estimate of drug-likeness (QED) is 0.896. The van der Waals surface area contributed by atoms with Gasteiger partial charge in [0.1, 0.15) is 0 Å². The minimum atomic E-state index is -0.863. The number of rotatable bonds is 5. The molecule has 0 aliphatic carbocycles. The van der Waals surface area contributed by atoms with Crippen molar-refractivity contribution in [3.8, 4) is 0 Å². The van der Waals surface area contributed by atoms with Gasteiger partial charge in [0.25, 0.3) is 11.8 Å². The van der Waals surface area contributed by atoms with E-state index >= 15 is 0 Å². The molecule has 1 N–H and O–H groups in total. The summed E-state index contributed by atoms with van der Waals surface area (Å²) in [7, 11) is 0. The van der Waals surface area contributed by atoms with E-state index in [0.29, 0.717) is 37.2 Å². The van der Waals surface area contributed by atoms with Crippen molar-refractivity contribution in [3.63, 3.8) is 0 Å². The average Bonchev–Trinajstić information content (AvgIpc) is 2.97. The number of hydrogen-bond acceptors (Lipinski definition) is 3. The third-order valence-electron chi connectivity index (χ3n) is 4.76. The zero-order valence-corrected chi connectivity index (χ0v) is 14.4. The van der Waals surface area contributed by atoms with Crippen molar-refractivity contribution >= 4 is 17.8 Å². The highest BCUT2D eigenvalue weighted by Gasteiger charge is 2.38. The van der Waals surface area contributed by atoms with Gasteiger partial charge < -0.3 is 14.9 Å². The van der Waals surface area contributed by atoms with E-state index in [4.69, 9.17) is 5.11 Å². The normalized spacial score (nSPS) is 20.0. The monoisotopic (exact) mass is 332 g/mol. The van der Waals surface area contributed by atoms with Gasteiger partial charge in [-0.3, -0.25) is 14.4 Å². The zero-order valence-electron chi connectivity index (χ0n) is 14.4. The molecule has 1 aliphatic rings. The Labute approximate surface area is 142 Å². The van der Waals surface area contributed by atoms with Crippen LogP contribution in [0.4, 0.5) is 0 Å². The molecular weight excluding hydrogens is 308 g/mol. The topological polar surface area (TPSA) is 77.9 Å². The van der Waals surface area contributed by atoms with Crippen molar-refractivity contribution in [3.05, 3.63) is 35.4 Å². The third kappa shape index (κ3) is 3.42. The summed E-state index contributed by atoms with van der Waals surface area (Å²) in [6, 6.07) is 6.26. The fourth-order valence-electron chi connectivity index (χ4n) is 3.17. The maximum absolute atomic E-state index is 12.6. The molecule has 0 aromatic heterocycles. The summed E-state index contributed by atoms with van der Waals surface area (Å²) in [5, 5.41) is 9.17. The van der Waals surface area contributed by atoms with Gasteiger partial charge in [-0.2, -0.15) is 0 Å². The van der Waals surface area contributed by atoms with Gasteiger partial charge in [0.05, 0.1) is 5.92 Å². The minimum Gasteiger partial charge on any atom is -0.481 e. The Kier molecular flexibility index (Phi) is 5.59. The van der Waals surface area contributed by atoms with Gasteiger partial charge in [-0.05, 0) is 51.5 Å². The van der Waals surface area contributed by atoms with Crippen LogP contribution in [-0.4, -0.2) is 58.4 Å². The van der Waals surface area contributed by atoms with E-state index < -0.39 is 11.9 Å². The Balaban J connectivity index is 2.12. The van der Waals surface area contributed by atoms with Gasteiger partial charge in [-0.15, -0.1) is 0 Å². The maximum atomic E-state index is 12.6. The van der Waals surface area contributed by atoms with Crippen molar-refractivity contribution in [2.45, 2.75) is 33.2 Å². The highest BCUT2D eigenvalue weighted by Crippen LogP contribution is 2.26. The molecule has 1 saturated heterocycles. The van der Waals surface area contributed by atoms with Crippen molar-refractivity contribution in [1.82, 2.24) is 9.80 Å². The first-order valence-corrected chi connectivity index (χ1v) is 8.33. The van der Waals surface area contributed by atoms with Crippen LogP contribution in [0.15, 0.2) is 24.3 Å². The second-order valence-electron chi connectivity index (χ2n) is 6.03. The van der Waals surface area contributed by atoms with Crippen molar-refractivity contribution in [2.24, 2.45) is 5.92 Å². The summed E-state index contributed by atoms with van der Waals surface area (Å²) in [4.78, 5) is 39.4. The molecule has 1 aliphatic heterocycles. The van der Waals surface area contributed by atoms with Crippen LogP contribution in [0.3, 0.4) is 0 Å². The maximum Gasteiger partial charge on any atom is 0.308 e. The Morgan fingerprint density at radius 2 is 1.67 bits per heavy atom. The number of hydrogen-bond donors (Lipinski definition) is 1. The molecule has 6 nitrogen and oxygen atoms in total. The van der Waals surface area contributed by atoms with Crippen LogP contribution < -0.4 is 0 Å². The minimum absolute atomic E-state index is 0.0560. The van der Waals surface area contributed by atoms with Crippen LogP contribution in [-0.2, 0) is 4.79 Å². The van der Waals surface area contributed by atoms with Crippen LogP contribution in [0.5, 0.6) is 0 Å². The highest BCUT2D eigenvalue weighted by atomic mass is 16.4. The molecule has 24 heavy (non-hydrogen) atoms. The van der Waals surface area contributed by atoms with Crippen LogP contribution in [0, 0.1) is 5.92 Å². The summed E-state index contributed by atoms with van der Waals surface area (Å²) >= 11 is 0. The molecule has 2 rings (SSSR count). The lowest BCUT2D eigenvalue weighted by atomic mass is 10.0. The molecule has 6 heteroatoms. The number of benzene rings is 1. The van der Waals surface area contributed by atoms with Crippen molar-refractivity contribution < 1.29 is 19.5 Å². The number of amides is 2. The first kappa shape index (κ1) is 18.0. The van der Waals surface area contributed by atoms with Crippen LogP contribution in [0.2, 0.25) is 0 Å². The van der Waals surface area contributed by atoms with Crippen LogP contribution in [0.1, 0.15) is 47.9 Å². The van der Waals surface area contributed by atoms with Gasteiger partial charge in [-0.1, -0.05) is 0 Å². The van der Waals surface area contributed by atoms with Crippen molar-refractivity contribution in [1.29, 1.82) is 0 Å². The molecule has 0 radical (unpaired) electrons. The lowest BCUT2D eigenvalue weighted by Crippen LogP contribution is -2.37. The molecule has 2 unspecified atom stereocenters. The largest absolute Gasteiger partial charge is 0.481 e. The van der Waals surface area contributed by atoms with E-state index in [1.807, 2.05) is 13.8 Å².